The molecule has 5 aliphatic rings. The second kappa shape index (κ2) is 7.25. The number of aliphatic hydroxyl groups is 2. The van der Waals surface area contributed by atoms with Crippen LogP contribution in [0, 0.1) is 11.3 Å². The minimum Gasteiger partial charge on any atom is -0.389 e. The average Bonchev–Trinajstić information content (AvgIpc) is 3.40. The van der Waals surface area contributed by atoms with Crippen LogP contribution in [0.2, 0.25) is 0 Å². The fourth-order valence-corrected chi connectivity index (χ4v) is 8.68. The molecule has 1 aromatic carbocycles. The number of aromatic nitrogens is 1. The molecule has 7 rings (SSSR count). The number of fused-ring (bicyclic) bond motifs is 2. The molecular formula is C30H35FN2O3. The van der Waals surface area contributed by atoms with Crippen molar-refractivity contribution in [2.75, 3.05) is 14.1 Å². The lowest BCUT2D eigenvalue weighted by molar-refractivity contribution is -0.282. The molecule has 0 radical (unpaired) electrons. The first kappa shape index (κ1) is 23.0. The summed E-state index contributed by atoms with van der Waals surface area (Å²) in [6, 6.07) is 8.31. The standard InChI is InChI=1S/C30H35FN2O3/c1-27-10-8-21-15-30(31)26(35)25(34)23(33(2)3)16-28(30)11-12-29(21,36-28)24(27)7-6-22(27)19-5-4-18-9-13-32-17-20(18)14-19/h4-6,8-9,13-14,17,23-26,34-35H,7,10-12,15-16H2,1-3H3. The third kappa shape index (κ3) is 2.66. The third-order valence-electron chi connectivity index (χ3n) is 10.6. The molecule has 2 N–H and O–H groups in total. The van der Waals surface area contributed by atoms with E-state index in [1.807, 2.05) is 37.5 Å². The maximum Gasteiger partial charge on any atom is 0.171 e. The largest absolute Gasteiger partial charge is 0.389 e. The maximum absolute atomic E-state index is 16.9. The Kier molecular flexibility index (Phi) is 4.64. The van der Waals surface area contributed by atoms with Crippen molar-refractivity contribution in [3.8, 4) is 0 Å². The number of hydrogen-bond acceptors (Lipinski definition) is 5. The number of hydrogen-bond donors (Lipinski definition) is 2. The van der Waals surface area contributed by atoms with Crippen molar-refractivity contribution in [2.24, 2.45) is 11.3 Å². The normalized spacial score (nSPS) is 45.2. The lowest BCUT2D eigenvalue weighted by Crippen LogP contribution is -2.73. The van der Waals surface area contributed by atoms with Crippen LogP contribution in [0.25, 0.3) is 16.3 Å². The molecule has 8 unspecified atom stereocenters. The van der Waals surface area contributed by atoms with E-state index in [9.17, 15) is 10.2 Å². The van der Waals surface area contributed by atoms with Gasteiger partial charge in [-0.05, 0) is 80.4 Å². The van der Waals surface area contributed by atoms with Crippen LogP contribution in [0.15, 0.2) is 54.4 Å². The molecule has 2 saturated heterocycles. The summed E-state index contributed by atoms with van der Waals surface area (Å²) in [6.45, 7) is 2.35. The Labute approximate surface area is 211 Å². The summed E-state index contributed by atoms with van der Waals surface area (Å²) < 4.78 is 23.9. The van der Waals surface area contributed by atoms with Gasteiger partial charge < -0.3 is 19.8 Å². The fraction of sp³-hybridized carbons (Fsp3) is 0.567. The van der Waals surface area contributed by atoms with E-state index in [4.69, 9.17) is 4.74 Å². The highest BCUT2D eigenvalue weighted by atomic mass is 19.1. The van der Waals surface area contributed by atoms with Crippen LogP contribution in [0.1, 0.15) is 51.0 Å². The van der Waals surface area contributed by atoms with Gasteiger partial charge in [-0.25, -0.2) is 4.39 Å². The van der Waals surface area contributed by atoms with E-state index in [1.54, 1.807) is 0 Å². The predicted octanol–water partition coefficient (Wildman–Crippen LogP) is 4.43. The lowest BCUT2D eigenvalue weighted by atomic mass is 9.56. The number of alkyl halides is 1. The van der Waals surface area contributed by atoms with Crippen LogP contribution in [-0.2, 0) is 4.74 Å². The molecule has 5 nitrogen and oxygen atoms in total. The van der Waals surface area contributed by atoms with Crippen molar-refractivity contribution in [3.63, 3.8) is 0 Å². The van der Waals surface area contributed by atoms with E-state index >= 15 is 4.39 Å². The van der Waals surface area contributed by atoms with Gasteiger partial charge in [0.25, 0.3) is 0 Å². The first-order chi connectivity index (χ1) is 17.1. The first-order valence-corrected chi connectivity index (χ1v) is 13.3. The summed E-state index contributed by atoms with van der Waals surface area (Å²) in [4.78, 5) is 6.21. The lowest BCUT2D eigenvalue weighted by Gasteiger charge is -2.61. The first-order valence-electron chi connectivity index (χ1n) is 13.3. The molecule has 0 amide bonds. The minimum absolute atomic E-state index is 0.116. The SMILES string of the molecule is CN(C)C1CC23CCC4(O2)C(=CCC2(C)C(c5ccc6ccncc6c5)=CCC24)CC3(F)C(O)C1O. The molecule has 1 aromatic heterocycles. The monoisotopic (exact) mass is 490 g/mol. The number of likely N-dealkylation sites (N-methyl/N-ethyl adjacent to an activating group) is 1. The highest BCUT2D eigenvalue weighted by Gasteiger charge is 2.76. The molecule has 2 aromatic rings. The van der Waals surface area contributed by atoms with Gasteiger partial charge >= 0.3 is 0 Å². The van der Waals surface area contributed by atoms with E-state index in [1.165, 1.54) is 16.5 Å². The smallest absolute Gasteiger partial charge is 0.171 e. The van der Waals surface area contributed by atoms with Crippen LogP contribution >= 0.6 is 0 Å². The van der Waals surface area contributed by atoms with E-state index in [-0.39, 0.29) is 23.8 Å². The Morgan fingerprint density at radius 3 is 2.75 bits per heavy atom. The molecule has 36 heavy (non-hydrogen) atoms. The number of rotatable bonds is 2. The number of allylic oxidation sites excluding steroid dienone is 3. The van der Waals surface area contributed by atoms with Crippen molar-refractivity contribution in [3.05, 3.63) is 59.9 Å². The van der Waals surface area contributed by atoms with Crippen molar-refractivity contribution in [1.82, 2.24) is 9.88 Å². The van der Waals surface area contributed by atoms with Crippen LogP contribution < -0.4 is 0 Å². The number of halogens is 1. The Bertz CT molecular complexity index is 1320. The van der Waals surface area contributed by atoms with Gasteiger partial charge in [0.15, 0.2) is 5.67 Å². The van der Waals surface area contributed by atoms with Crippen LogP contribution in [0.5, 0.6) is 0 Å². The van der Waals surface area contributed by atoms with Crippen LogP contribution in [-0.4, -0.2) is 69.3 Å². The molecule has 8 atom stereocenters. The molecule has 3 aliphatic carbocycles. The number of nitrogens with zero attached hydrogens (tertiary/aromatic N) is 2. The Morgan fingerprint density at radius 1 is 1.11 bits per heavy atom. The molecule has 1 saturated carbocycles. The zero-order valence-corrected chi connectivity index (χ0v) is 21.2. The van der Waals surface area contributed by atoms with Gasteiger partial charge in [-0.2, -0.15) is 0 Å². The molecule has 6 heteroatoms. The van der Waals surface area contributed by atoms with E-state index < -0.39 is 29.1 Å². The van der Waals surface area contributed by atoms with Gasteiger partial charge in [-0.1, -0.05) is 31.2 Å². The van der Waals surface area contributed by atoms with Gasteiger partial charge in [-0.15, -0.1) is 0 Å². The molecule has 190 valence electrons. The summed E-state index contributed by atoms with van der Waals surface area (Å²) in [5.41, 5.74) is -0.123. The highest BCUT2D eigenvalue weighted by Crippen LogP contribution is 2.70. The van der Waals surface area contributed by atoms with Gasteiger partial charge in [0, 0.05) is 41.6 Å². The average molecular weight is 491 g/mol. The summed E-state index contributed by atoms with van der Waals surface area (Å²) >= 11 is 0. The van der Waals surface area contributed by atoms with Crippen LogP contribution in [0.4, 0.5) is 4.39 Å². The Balaban J connectivity index is 1.29. The summed E-state index contributed by atoms with van der Waals surface area (Å²) in [6.07, 6.45) is 9.30. The number of ether oxygens (including phenoxy) is 1. The predicted molar refractivity (Wildman–Crippen MR) is 137 cm³/mol. The van der Waals surface area contributed by atoms with Crippen molar-refractivity contribution >= 4 is 16.3 Å². The quantitative estimate of drug-likeness (QED) is 0.610. The van der Waals surface area contributed by atoms with Gasteiger partial charge in [0.05, 0.1) is 11.7 Å². The van der Waals surface area contributed by atoms with E-state index in [0.717, 1.165) is 30.2 Å². The molecule has 2 aliphatic heterocycles. The van der Waals surface area contributed by atoms with Crippen LogP contribution in [0.3, 0.4) is 0 Å². The third-order valence-corrected chi connectivity index (χ3v) is 10.6. The number of pyridine rings is 1. The number of aliphatic hydroxyl groups excluding tert-OH is 2. The topological polar surface area (TPSA) is 65.8 Å². The molecular weight excluding hydrogens is 455 g/mol. The summed E-state index contributed by atoms with van der Waals surface area (Å²) in [5, 5.41) is 24.2. The molecule has 3 fully saturated rings. The summed E-state index contributed by atoms with van der Waals surface area (Å²) in [5.74, 6) is 0.218. The van der Waals surface area contributed by atoms with Gasteiger partial charge in [0.1, 0.15) is 11.7 Å². The number of benzene rings is 1. The molecule has 2 spiro atoms. The van der Waals surface area contributed by atoms with E-state index in [0.29, 0.717) is 12.8 Å². The van der Waals surface area contributed by atoms with E-state index in [2.05, 4.69) is 42.3 Å². The second-order valence-electron chi connectivity index (χ2n) is 12.4. The van der Waals surface area contributed by atoms with Crippen molar-refractivity contribution < 1.29 is 19.3 Å². The zero-order valence-electron chi connectivity index (χ0n) is 21.2. The molecule has 2 bridgehead atoms. The Morgan fingerprint density at radius 2 is 1.94 bits per heavy atom. The van der Waals surface area contributed by atoms with Gasteiger partial charge in [0.2, 0.25) is 0 Å². The molecule has 3 heterocycles. The minimum atomic E-state index is -1.97. The maximum atomic E-state index is 16.9. The fourth-order valence-electron chi connectivity index (χ4n) is 8.68. The van der Waals surface area contributed by atoms with Gasteiger partial charge in [-0.3, -0.25) is 4.98 Å². The summed E-state index contributed by atoms with van der Waals surface area (Å²) in [7, 11) is 3.76. The second-order valence-corrected chi connectivity index (χ2v) is 12.4. The van der Waals surface area contributed by atoms with Crippen molar-refractivity contribution in [2.45, 2.75) is 80.6 Å². The zero-order chi connectivity index (χ0) is 25.1. The van der Waals surface area contributed by atoms with Crippen molar-refractivity contribution in [1.29, 1.82) is 0 Å². The highest BCUT2D eigenvalue weighted by molar-refractivity contribution is 5.87. The Hall–Kier alpha value is -2.12.